The predicted octanol–water partition coefficient (Wildman–Crippen LogP) is 2.89. The molecule has 30 heavy (non-hydrogen) atoms. The Labute approximate surface area is 173 Å². The molecule has 1 aromatic carbocycles. The second kappa shape index (κ2) is 7.81. The van der Waals surface area contributed by atoms with E-state index in [9.17, 15) is 19.7 Å². The first-order valence-electron chi connectivity index (χ1n) is 9.66. The molecule has 3 rings (SSSR count). The average molecular weight is 412 g/mol. The van der Waals surface area contributed by atoms with E-state index in [1.807, 2.05) is 13.8 Å². The summed E-state index contributed by atoms with van der Waals surface area (Å²) in [5.41, 5.74) is 7.13. The van der Waals surface area contributed by atoms with Gasteiger partial charge in [0, 0.05) is 35.0 Å². The Kier molecular flexibility index (Phi) is 5.56. The van der Waals surface area contributed by atoms with E-state index >= 15 is 0 Å². The van der Waals surface area contributed by atoms with Gasteiger partial charge in [0.15, 0.2) is 0 Å². The summed E-state index contributed by atoms with van der Waals surface area (Å²) >= 11 is 0. The number of esters is 1. The van der Waals surface area contributed by atoms with Crippen LogP contribution in [0.15, 0.2) is 40.5 Å². The summed E-state index contributed by atoms with van der Waals surface area (Å²) in [6.07, 6.45) is 0.993. The molecule has 1 aliphatic heterocycles. The van der Waals surface area contributed by atoms with Gasteiger partial charge in [0.05, 0.1) is 11.5 Å². The fourth-order valence-corrected chi connectivity index (χ4v) is 4.22. The first-order valence-corrected chi connectivity index (χ1v) is 9.66. The van der Waals surface area contributed by atoms with Crippen molar-refractivity contribution in [3.8, 4) is 0 Å². The van der Waals surface area contributed by atoms with Crippen molar-refractivity contribution < 1.29 is 19.2 Å². The Hall–Kier alpha value is -3.36. The molecule has 0 spiro atoms. The van der Waals surface area contributed by atoms with Crippen LogP contribution in [-0.2, 0) is 14.3 Å². The molecule has 9 nitrogen and oxygen atoms in total. The van der Waals surface area contributed by atoms with E-state index in [1.54, 1.807) is 6.92 Å². The van der Waals surface area contributed by atoms with Crippen molar-refractivity contribution in [2.24, 2.45) is 22.1 Å². The number of non-ortho nitro benzene ring substituents is 1. The van der Waals surface area contributed by atoms with Crippen LogP contribution >= 0.6 is 0 Å². The number of ether oxygens (including phenoxy) is 1. The van der Waals surface area contributed by atoms with Gasteiger partial charge in [-0.1, -0.05) is 26.0 Å². The molecule has 3 N–H and O–H groups in total. The number of primary amides is 1. The third-order valence-electron chi connectivity index (χ3n) is 5.39. The van der Waals surface area contributed by atoms with Crippen LogP contribution in [0.3, 0.4) is 0 Å². The first kappa shape index (κ1) is 21.4. The number of nitrogens with two attached hydrogens (primary N) is 1. The quantitative estimate of drug-likeness (QED) is 0.433. The highest BCUT2D eigenvalue weighted by Gasteiger charge is 2.47. The number of nitro benzene ring substituents is 1. The standard InChI is InChI=1S/C21H24N4O5/c1-4-30-20(27)17-15(11-5-7-12(8-6-11)25(28)29)16-13(22)9-21(2,3)10-14(16)24-18(17)19(23)26/h5-8,15,17,22H,4,9-10H2,1-3H3,(H2,23,26)/t15-,17?/m0/s1. The molecule has 1 aromatic rings. The lowest BCUT2D eigenvalue weighted by Crippen LogP contribution is -2.44. The lowest BCUT2D eigenvalue weighted by molar-refractivity contribution is -0.384. The third kappa shape index (κ3) is 3.87. The second-order valence-corrected chi connectivity index (χ2v) is 8.27. The van der Waals surface area contributed by atoms with E-state index in [0.29, 0.717) is 35.4 Å². The number of hydrogen-bond acceptors (Lipinski definition) is 7. The van der Waals surface area contributed by atoms with E-state index in [2.05, 4.69) is 4.99 Å². The number of hydrogen-bond donors (Lipinski definition) is 2. The van der Waals surface area contributed by atoms with Gasteiger partial charge in [-0.2, -0.15) is 0 Å². The maximum absolute atomic E-state index is 12.9. The van der Waals surface area contributed by atoms with Gasteiger partial charge in [0.1, 0.15) is 11.6 Å². The van der Waals surface area contributed by atoms with Gasteiger partial charge in [-0.3, -0.25) is 24.7 Å². The largest absolute Gasteiger partial charge is 0.465 e. The molecule has 2 atom stereocenters. The Balaban J connectivity index is 2.23. The van der Waals surface area contributed by atoms with Crippen LogP contribution in [0.25, 0.3) is 0 Å². The molecule has 0 bridgehead atoms. The van der Waals surface area contributed by atoms with E-state index in [0.717, 1.165) is 0 Å². The molecule has 0 radical (unpaired) electrons. The third-order valence-corrected chi connectivity index (χ3v) is 5.39. The SMILES string of the molecule is CCOC(=O)C1C(C(N)=O)=NC2=C(C(=N)CC(C)(C)C2)[C@@H]1c1ccc([N+](=O)[O-])cc1. The number of nitrogens with zero attached hydrogens (tertiary/aromatic N) is 2. The molecule has 1 amide bonds. The summed E-state index contributed by atoms with van der Waals surface area (Å²) in [7, 11) is 0. The fraction of sp³-hybridized carbons (Fsp3) is 0.429. The van der Waals surface area contributed by atoms with Gasteiger partial charge in [-0.25, -0.2) is 0 Å². The van der Waals surface area contributed by atoms with E-state index in [-0.39, 0.29) is 23.4 Å². The molecule has 1 aliphatic carbocycles. The monoisotopic (exact) mass is 412 g/mol. The van der Waals surface area contributed by atoms with Crippen LogP contribution in [0.2, 0.25) is 0 Å². The molecular formula is C21H24N4O5. The molecule has 0 fully saturated rings. The molecule has 158 valence electrons. The Morgan fingerprint density at radius 1 is 1.30 bits per heavy atom. The average Bonchev–Trinajstić information content (AvgIpc) is 2.65. The molecular weight excluding hydrogens is 388 g/mol. The van der Waals surface area contributed by atoms with Gasteiger partial charge in [0.25, 0.3) is 11.6 Å². The highest BCUT2D eigenvalue weighted by molar-refractivity contribution is 6.43. The minimum atomic E-state index is -1.12. The lowest BCUT2D eigenvalue weighted by atomic mass is 9.66. The smallest absolute Gasteiger partial charge is 0.316 e. The lowest BCUT2D eigenvalue weighted by Gasteiger charge is -2.40. The van der Waals surface area contributed by atoms with E-state index in [4.69, 9.17) is 15.9 Å². The molecule has 0 saturated carbocycles. The van der Waals surface area contributed by atoms with Crippen molar-refractivity contribution in [2.75, 3.05) is 6.61 Å². The minimum Gasteiger partial charge on any atom is -0.465 e. The zero-order valence-corrected chi connectivity index (χ0v) is 17.1. The van der Waals surface area contributed by atoms with Crippen LogP contribution in [0.1, 0.15) is 45.1 Å². The zero-order valence-electron chi connectivity index (χ0n) is 17.1. The molecule has 1 heterocycles. The van der Waals surface area contributed by atoms with Gasteiger partial charge < -0.3 is 15.9 Å². The Morgan fingerprint density at radius 2 is 1.93 bits per heavy atom. The van der Waals surface area contributed by atoms with Crippen molar-refractivity contribution in [1.29, 1.82) is 5.41 Å². The van der Waals surface area contributed by atoms with Crippen molar-refractivity contribution >= 4 is 29.0 Å². The molecule has 9 heteroatoms. The highest BCUT2D eigenvalue weighted by Crippen LogP contribution is 2.48. The summed E-state index contributed by atoms with van der Waals surface area (Å²) in [5.74, 6) is -3.35. The van der Waals surface area contributed by atoms with E-state index in [1.165, 1.54) is 24.3 Å². The van der Waals surface area contributed by atoms with Crippen molar-refractivity contribution in [2.45, 2.75) is 39.5 Å². The number of nitro groups is 1. The number of nitrogens with one attached hydrogen (secondary N) is 1. The predicted molar refractivity (Wildman–Crippen MR) is 110 cm³/mol. The van der Waals surface area contributed by atoms with Gasteiger partial charge in [-0.05, 0) is 30.7 Å². The fourth-order valence-electron chi connectivity index (χ4n) is 4.22. The summed E-state index contributed by atoms with van der Waals surface area (Å²) in [6.45, 7) is 5.76. The Morgan fingerprint density at radius 3 is 2.47 bits per heavy atom. The summed E-state index contributed by atoms with van der Waals surface area (Å²) < 4.78 is 5.20. The van der Waals surface area contributed by atoms with Crippen LogP contribution < -0.4 is 5.73 Å². The van der Waals surface area contributed by atoms with Crippen LogP contribution in [0.5, 0.6) is 0 Å². The number of benzene rings is 1. The second-order valence-electron chi connectivity index (χ2n) is 8.27. The van der Waals surface area contributed by atoms with Gasteiger partial charge in [0.2, 0.25) is 0 Å². The number of amides is 1. The zero-order chi connectivity index (χ0) is 22.2. The first-order chi connectivity index (χ1) is 14.1. The number of aliphatic imine (C=N–C) groups is 1. The summed E-state index contributed by atoms with van der Waals surface area (Å²) in [6, 6.07) is 5.75. The molecule has 0 aromatic heterocycles. The molecule has 1 unspecified atom stereocenters. The summed E-state index contributed by atoms with van der Waals surface area (Å²) in [5, 5.41) is 19.7. The van der Waals surface area contributed by atoms with Crippen molar-refractivity contribution in [3.63, 3.8) is 0 Å². The minimum absolute atomic E-state index is 0.0971. The number of rotatable bonds is 5. The van der Waals surface area contributed by atoms with Gasteiger partial charge in [-0.15, -0.1) is 0 Å². The molecule has 2 aliphatic rings. The van der Waals surface area contributed by atoms with Gasteiger partial charge >= 0.3 is 5.97 Å². The summed E-state index contributed by atoms with van der Waals surface area (Å²) in [4.78, 5) is 40.1. The number of carbonyl (C=O) groups excluding carboxylic acids is 2. The topological polar surface area (TPSA) is 149 Å². The normalized spacial score (nSPS) is 22.8. The maximum atomic E-state index is 12.9. The van der Waals surface area contributed by atoms with Crippen molar-refractivity contribution in [3.05, 3.63) is 51.2 Å². The van der Waals surface area contributed by atoms with Crippen LogP contribution in [0, 0.1) is 26.9 Å². The highest BCUT2D eigenvalue weighted by atomic mass is 16.6. The van der Waals surface area contributed by atoms with Crippen molar-refractivity contribution in [1.82, 2.24) is 0 Å². The van der Waals surface area contributed by atoms with Crippen LogP contribution in [0.4, 0.5) is 5.69 Å². The maximum Gasteiger partial charge on any atom is 0.316 e. The Bertz CT molecular complexity index is 991. The number of allylic oxidation sites excluding steroid dienone is 2. The number of carbonyl (C=O) groups is 2. The van der Waals surface area contributed by atoms with E-state index < -0.39 is 28.6 Å². The molecule has 0 saturated heterocycles. The van der Waals surface area contributed by atoms with Crippen LogP contribution in [-0.4, -0.2) is 34.8 Å².